The molecule has 122 valence electrons. The number of amides is 2. The number of hydrogen-bond donors (Lipinski definition) is 3. The Hall–Kier alpha value is -2.12. The average Bonchev–Trinajstić information content (AvgIpc) is 2.53. The van der Waals surface area contributed by atoms with Crippen LogP contribution in [0.15, 0.2) is 30.3 Å². The summed E-state index contributed by atoms with van der Waals surface area (Å²) in [5.41, 5.74) is 0.512. The molecule has 0 aromatic heterocycles. The fourth-order valence-corrected chi connectivity index (χ4v) is 1.80. The van der Waals surface area contributed by atoms with Crippen LogP contribution in [-0.2, 0) is 14.3 Å². The van der Waals surface area contributed by atoms with E-state index in [4.69, 9.17) is 9.47 Å². The summed E-state index contributed by atoms with van der Waals surface area (Å²) in [6.07, 6.45) is -1.20. The van der Waals surface area contributed by atoms with Crippen molar-refractivity contribution in [3.8, 4) is 0 Å². The van der Waals surface area contributed by atoms with E-state index in [9.17, 15) is 14.7 Å². The number of urea groups is 1. The Kier molecular flexibility index (Phi) is 7.95. The van der Waals surface area contributed by atoms with E-state index in [1.54, 1.807) is 37.3 Å². The minimum atomic E-state index is -1.20. The van der Waals surface area contributed by atoms with Crippen molar-refractivity contribution in [1.29, 1.82) is 0 Å². The Morgan fingerprint density at radius 3 is 2.55 bits per heavy atom. The van der Waals surface area contributed by atoms with Gasteiger partial charge in [-0.15, -0.1) is 0 Å². The van der Waals surface area contributed by atoms with Gasteiger partial charge in [0.05, 0.1) is 13.2 Å². The van der Waals surface area contributed by atoms with Gasteiger partial charge in [-0.2, -0.15) is 0 Å². The van der Waals surface area contributed by atoms with E-state index in [0.29, 0.717) is 18.7 Å². The molecule has 7 heteroatoms. The summed E-state index contributed by atoms with van der Waals surface area (Å²) in [5, 5.41) is 15.3. The Labute approximate surface area is 129 Å². The topological polar surface area (TPSA) is 96.9 Å². The van der Waals surface area contributed by atoms with Crippen molar-refractivity contribution in [2.75, 3.05) is 26.9 Å². The molecule has 3 N–H and O–H groups in total. The Balaban J connectivity index is 2.75. The zero-order valence-corrected chi connectivity index (χ0v) is 12.7. The van der Waals surface area contributed by atoms with Crippen molar-refractivity contribution in [1.82, 2.24) is 10.6 Å². The average molecular weight is 310 g/mol. The van der Waals surface area contributed by atoms with Gasteiger partial charge in [0.15, 0.2) is 6.04 Å². The molecule has 0 aliphatic rings. The van der Waals surface area contributed by atoms with Gasteiger partial charge in [0.25, 0.3) is 0 Å². The molecular formula is C15H22N2O5. The van der Waals surface area contributed by atoms with Crippen LogP contribution >= 0.6 is 0 Å². The van der Waals surface area contributed by atoms with Crippen molar-refractivity contribution in [3.63, 3.8) is 0 Å². The highest BCUT2D eigenvalue weighted by atomic mass is 16.5. The summed E-state index contributed by atoms with van der Waals surface area (Å²) in [6.45, 7) is 2.45. The summed E-state index contributed by atoms with van der Waals surface area (Å²) >= 11 is 0. The molecule has 0 saturated heterocycles. The van der Waals surface area contributed by atoms with Crippen molar-refractivity contribution >= 4 is 12.0 Å². The Morgan fingerprint density at radius 2 is 1.95 bits per heavy atom. The van der Waals surface area contributed by atoms with Crippen molar-refractivity contribution in [3.05, 3.63) is 35.9 Å². The highest BCUT2D eigenvalue weighted by Gasteiger charge is 2.30. The summed E-state index contributed by atoms with van der Waals surface area (Å²) < 4.78 is 9.72. The van der Waals surface area contributed by atoms with Crippen molar-refractivity contribution in [2.45, 2.75) is 19.1 Å². The zero-order valence-electron chi connectivity index (χ0n) is 12.7. The number of rotatable bonds is 8. The lowest BCUT2D eigenvalue weighted by Crippen LogP contribution is -2.50. The maximum absolute atomic E-state index is 12.0. The van der Waals surface area contributed by atoms with E-state index in [1.165, 1.54) is 7.11 Å². The fraction of sp³-hybridized carbons (Fsp3) is 0.467. The second-order valence-electron chi connectivity index (χ2n) is 4.48. The molecule has 2 atom stereocenters. The molecule has 2 unspecified atom stereocenters. The molecule has 0 radical (unpaired) electrons. The lowest BCUT2D eigenvalue weighted by molar-refractivity contribution is -0.148. The lowest BCUT2D eigenvalue weighted by Gasteiger charge is -2.23. The van der Waals surface area contributed by atoms with Gasteiger partial charge >= 0.3 is 12.0 Å². The molecule has 0 bridgehead atoms. The summed E-state index contributed by atoms with van der Waals surface area (Å²) in [5.74, 6) is -0.694. The first-order valence-electron chi connectivity index (χ1n) is 7.03. The predicted octanol–water partition coefficient (Wildman–Crippen LogP) is 0.597. The molecule has 0 heterocycles. The number of carbonyl (C=O) groups is 2. The SMILES string of the molecule is CCOC(=O)C(NC(=O)NCCOC)C(O)c1ccccc1. The Bertz CT molecular complexity index is 466. The number of benzene rings is 1. The number of ether oxygens (including phenoxy) is 2. The number of carbonyl (C=O) groups excluding carboxylic acids is 2. The van der Waals surface area contributed by atoms with E-state index in [1.807, 2.05) is 0 Å². The summed E-state index contributed by atoms with van der Waals surface area (Å²) in [6, 6.07) is 6.83. The monoisotopic (exact) mass is 310 g/mol. The Morgan fingerprint density at radius 1 is 1.27 bits per heavy atom. The van der Waals surface area contributed by atoms with Gasteiger partial charge < -0.3 is 25.2 Å². The molecule has 22 heavy (non-hydrogen) atoms. The molecule has 1 aromatic carbocycles. The first-order valence-corrected chi connectivity index (χ1v) is 7.03. The van der Waals surface area contributed by atoms with Gasteiger partial charge in [0.2, 0.25) is 0 Å². The third-order valence-corrected chi connectivity index (χ3v) is 2.88. The maximum Gasteiger partial charge on any atom is 0.331 e. The summed E-state index contributed by atoms with van der Waals surface area (Å²) in [4.78, 5) is 23.8. The minimum Gasteiger partial charge on any atom is -0.464 e. The molecule has 0 aliphatic heterocycles. The third kappa shape index (κ3) is 5.71. The molecule has 2 amide bonds. The first-order chi connectivity index (χ1) is 10.6. The largest absolute Gasteiger partial charge is 0.464 e. The smallest absolute Gasteiger partial charge is 0.331 e. The van der Waals surface area contributed by atoms with Gasteiger partial charge in [-0.25, -0.2) is 9.59 Å². The molecule has 0 fully saturated rings. The normalized spacial score (nSPS) is 13.0. The van der Waals surface area contributed by atoms with Gasteiger partial charge in [0, 0.05) is 13.7 Å². The molecular weight excluding hydrogens is 288 g/mol. The van der Waals surface area contributed by atoms with Crippen LogP contribution in [0.2, 0.25) is 0 Å². The fourth-order valence-electron chi connectivity index (χ4n) is 1.80. The van der Waals surface area contributed by atoms with E-state index in [-0.39, 0.29) is 6.61 Å². The number of aliphatic hydroxyl groups excluding tert-OH is 1. The first kappa shape index (κ1) is 17.9. The molecule has 1 rings (SSSR count). The van der Waals surface area contributed by atoms with Crippen LogP contribution in [0.1, 0.15) is 18.6 Å². The van der Waals surface area contributed by atoms with E-state index >= 15 is 0 Å². The summed E-state index contributed by atoms with van der Waals surface area (Å²) in [7, 11) is 1.51. The minimum absolute atomic E-state index is 0.157. The van der Waals surface area contributed by atoms with Gasteiger partial charge in [0.1, 0.15) is 6.10 Å². The molecule has 7 nitrogen and oxygen atoms in total. The van der Waals surface area contributed by atoms with E-state index < -0.39 is 24.1 Å². The highest BCUT2D eigenvalue weighted by molar-refractivity contribution is 5.84. The number of methoxy groups -OCH3 is 1. The van der Waals surface area contributed by atoms with Crippen LogP contribution in [0.4, 0.5) is 4.79 Å². The third-order valence-electron chi connectivity index (χ3n) is 2.88. The number of esters is 1. The molecule has 0 aliphatic carbocycles. The van der Waals surface area contributed by atoms with Gasteiger partial charge in [-0.1, -0.05) is 30.3 Å². The van der Waals surface area contributed by atoms with Crippen molar-refractivity contribution in [2.24, 2.45) is 0 Å². The molecule has 0 spiro atoms. The van der Waals surface area contributed by atoms with Crippen LogP contribution in [0.3, 0.4) is 0 Å². The molecule has 0 saturated carbocycles. The van der Waals surface area contributed by atoms with Crippen LogP contribution < -0.4 is 10.6 Å². The van der Waals surface area contributed by atoms with Crippen LogP contribution in [-0.4, -0.2) is 50.0 Å². The van der Waals surface area contributed by atoms with Gasteiger partial charge in [-0.3, -0.25) is 0 Å². The lowest BCUT2D eigenvalue weighted by atomic mass is 10.0. The van der Waals surface area contributed by atoms with Gasteiger partial charge in [-0.05, 0) is 12.5 Å². The van der Waals surface area contributed by atoms with E-state index in [2.05, 4.69) is 10.6 Å². The molecule has 1 aromatic rings. The second-order valence-corrected chi connectivity index (χ2v) is 4.48. The quantitative estimate of drug-likeness (QED) is 0.482. The highest BCUT2D eigenvalue weighted by Crippen LogP contribution is 2.17. The zero-order chi connectivity index (χ0) is 16.4. The second kappa shape index (κ2) is 9.75. The maximum atomic E-state index is 12.0. The predicted molar refractivity (Wildman–Crippen MR) is 80.2 cm³/mol. The van der Waals surface area contributed by atoms with Crippen LogP contribution in [0.25, 0.3) is 0 Å². The van der Waals surface area contributed by atoms with E-state index in [0.717, 1.165) is 0 Å². The van der Waals surface area contributed by atoms with Crippen LogP contribution in [0.5, 0.6) is 0 Å². The van der Waals surface area contributed by atoms with Crippen LogP contribution in [0, 0.1) is 0 Å². The standard InChI is InChI=1S/C15H22N2O5/c1-3-22-14(19)12(17-15(20)16-9-10-21-2)13(18)11-7-5-4-6-8-11/h4-8,12-13,18H,3,9-10H2,1-2H3,(H2,16,17,20). The number of hydrogen-bond acceptors (Lipinski definition) is 5. The number of nitrogens with one attached hydrogen (secondary N) is 2. The number of aliphatic hydroxyl groups is 1. The van der Waals surface area contributed by atoms with Crippen molar-refractivity contribution < 1.29 is 24.2 Å².